The number of rotatable bonds is 7. The highest BCUT2D eigenvalue weighted by Crippen LogP contribution is 2.38. The average Bonchev–Trinajstić information content (AvgIpc) is 3.15. The molecule has 4 rings (SSSR count). The zero-order valence-electron chi connectivity index (χ0n) is 20.1. The van der Waals surface area contributed by atoms with Crippen LogP contribution in [0.15, 0.2) is 59.5 Å². The number of anilines is 2. The van der Waals surface area contributed by atoms with Crippen molar-refractivity contribution in [2.24, 2.45) is 0 Å². The fourth-order valence-corrected chi connectivity index (χ4v) is 5.17. The van der Waals surface area contributed by atoms with E-state index in [1.807, 2.05) is 32.0 Å². The standard InChI is InChI=1S/C27H22Cl2N2O4S2/c1-15-5-4-6-21(16(15)2)30-25(32)14-35-22-10-7-17(11-23(22)34-3)12-24-26(33)31(27(36)37-24)18-8-9-19(28)20(29)13-18/h4-13H,14H2,1-3H3,(H,30,32)/b24-12-. The third kappa shape index (κ3) is 6.10. The van der Waals surface area contributed by atoms with Crippen molar-refractivity contribution in [1.29, 1.82) is 0 Å². The Morgan fingerprint density at radius 2 is 1.86 bits per heavy atom. The Labute approximate surface area is 234 Å². The van der Waals surface area contributed by atoms with E-state index in [0.717, 1.165) is 16.8 Å². The van der Waals surface area contributed by atoms with Gasteiger partial charge in [0.25, 0.3) is 11.8 Å². The fourth-order valence-electron chi connectivity index (χ4n) is 3.58. The normalized spacial score (nSPS) is 14.3. The molecule has 1 aliphatic rings. The van der Waals surface area contributed by atoms with E-state index in [1.165, 1.54) is 23.8 Å². The SMILES string of the molecule is COc1cc(/C=C2\SC(=S)N(c3ccc(Cl)c(Cl)c3)C2=O)ccc1OCC(=O)Nc1cccc(C)c1C. The summed E-state index contributed by atoms with van der Waals surface area (Å²) in [5.41, 5.74) is 4.08. The van der Waals surface area contributed by atoms with E-state index in [9.17, 15) is 9.59 Å². The first-order chi connectivity index (χ1) is 17.7. The third-order valence-corrected chi connectivity index (χ3v) is 7.72. The first kappa shape index (κ1) is 27.0. The minimum atomic E-state index is -0.286. The molecule has 0 aromatic heterocycles. The first-order valence-corrected chi connectivity index (χ1v) is 13.1. The summed E-state index contributed by atoms with van der Waals surface area (Å²) < 4.78 is 11.6. The lowest BCUT2D eigenvalue weighted by Crippen LogP contribution is -2.27. The van der Waals surface area contributed by atoms with Gasteiger partial charge in [-0.05, 0) is 73.0 Å². The Balaban J connectivity index is 1.46. The number of methoxy groups -OCH3 is 1. The maximum absolute atomic E-state index is 13.1. The zero-order chi connectivity index (χ0) is 26.7. The number of hydrogen-bond donors (Lipinski definition) is 1. The molecule has 0 saturated carbocycles. The van der Waals surface area contributed by atoms with Crippen LogP contribution in [0.25, 0.3) is 6.08 Å². The quantitative estimate of drug-likeness (QED) is 0.242. The monoisotopic (exact) mass is 572 g/mol. The highest BCUT2D eigenvalue weighted by Gasteiger charge is 2.33. The van der Waals surface area contributed by atoms with Crippen LogP contribution >= 0.6 is 47.2 Å². The third-order valence-electron chi connectivity index (χ3n) is 5.68. The lowest BCUT2D eigenvalue weighted by atomic mass is 10.1. The van der Waals surface area contributed by atoms with Crippen LogP contribution in [0.5, 0.6) is 11.5 Å². The number of carbonyl (C=O) groups is 2. The van der Waals surface area contributed by atoms with E-state index in [0.29, 0.717) is 42.0 Å². The maximum atomic E-state index is 13.1. The van der Waals surface area contributed by atoms with Crippen molar-refractivity contribution in [3.05, 3.63) is 86.2 Å². The Hall–Kier alpha value is -3.04. The number of carbonyl (C=O) groups excluding carboxylic acids is 2. The van der Waals surface area contributed by atoms with Gasteiger partial charge in [-0.1, -0.05) is 65.4 Å². The van der Waals surface area contributed by atoms with Gasteiger partial charge in [-0.25, -0.2) is 0 Å². The van der Waals surface area contributed by atoms with Gasteiger partial charge in [0.2, 0.25) is 0 Å². The molecule has 190 valence electrons. The molecule has 1 fully saturated rings. The Bertz CT molecular complexity index is 1440. The van der Waals surface area contributed by atoms with Crippen LogP contribution in [0.2, 0.25) is 10.0 Å². The molecule has 1 heterocycles. The highest BCUT2D eigenvalue weighted by molar-refractivity contribution is 8.27. The van der Waals surface area contributed by atoms with Crippen molar-refractivity contribution in [1.82, 2.24) is 0 Å². The topological polar surface area (TPSA) is 67.9 Å². The lowest BCUT2D eigenvalue weighted by Gasteiger charge is -2.15. The Kier molecular flexibility index (Phi) is 8.44. The van der Waals surface area contributed by atoms with Gasteiger partial charge in [-0.2, -0.15) is 0 Å². The molecule has 0 radical (unpaired) electrons. The van der Waals surface area contributed by atoms with E-state index in [4.69, 9.17) is 44.9 Å². The van der Waals surface area contributed by atoms with Crippen LogP contribution in [0.3, 0.4) is 0 Å². The maximum Gasteiger partial charge on any atom is 0.270 e. The first-order valence-electron chi connectivity index (χ1n) is 11.1. The molecule has 0 unspecified atom stereocenters. The smallest absolute Gasteiger partial charge is 0.270 e. The van der Waals surface area contributed by atoms with Crippen molar-refractivity contribution < 1.29 is 19.1 Å². The number of thioether (sulfide) groups is 1. The molecule has 1 saturated heterocycles. The summed E-state index contributed by atoms with van der Waals surface area (Å²) in [7, 11) is 1.51. The molecule has 0 bridgehead atoms. The molecule has 6 nitrogen and oxygen atoms in total. The molecule has 3 aromatic carbocycles. The number of halogens is 2. The lowest BCUT2D eigenvalue weighted by molar-refractivity contribution is -0.118. The summed E-state index contributed by atoms with van der Waals surface area (Å²) in [6.07, 6.45) is 1.72. The number of thiocarbonyl (C=S) groups is 1. The van der Waals surface area contributed by atoms with Crippen LogP contribution in [0.1, 0.15) is 16.7 Å². The van der Waals surface area contributed by atoms with Crippen LogP contribution in [-0.2, 0) is 9.59 Å². The molecule has 10 heteroatoms. The van der Waals surface area contributed by atoms with Crippen LogP contribution in [0.4, 0.5) is 11.4 Å². The van der Waals surface area contributed by atoms with Gasteiger partial charge in [-0.15, -0.1) is 0 Å². The molecule has 1 N–H and O–H groups in total. The van der Waals surface area contributed by atoms with Gasteiger partial charge in [0.05, 0.1) is 27.7 Å². The van der Waals surface area contributed by atoms with Crippen LogP contribution < -0.4 is 19.7 Å². The molecule has 3 aromatic rings. The summed E-state index contributed by atoms with van der Waals surface area (Å²) in [5, 5.41) is 3.59. The molecule has 37 heavy (non-hydrogen) atoms. The van der Waals surface area contributed by atoms with Gasteiger partial charge in [0.1, 0.15) is 0 Å². The van der Waals surface area contributed by atoms with Gasteiger partial charge in [-0.3, -0.25) is 14.5 Å². The second kappa shape index (κ2) is 11.6. The Morgan fingerprint density at radius 3 is 2.59 bits per heavy atom. The van der Waals surface area contributed by atoms with E-state index < -0.39 is 0 Å². The number of hydrogen-bond acceptors (Lipinski definition) is 6. The summed E-state index contributed by atoms with van der Waals surface area (Å²) >= 11 is 18.7. The minimum Gasteiger partial charge on any atom is -0.493 e. The Morgan fingerprint density at radius 1 is 1.08 bits per heavy atom. The largest absolute Gasteiger partial charge is 0.493 e. The molecule has 1 aliphatic heterocycles. The van der Waals surface area contributed by atoms with E-state index in [2.05, 4.69) is 5.32 Å². The summed E-state index contributed by atoms with van der Waals surface area (Å²) in [6, 6.07) is 15.8. The predicted molar refractivity (Wildman–Crippen MR) is 155 cm³/mol. The second-order valence-corrected chi connectivity index (χ2v) is 10.6. The zero-order valence-corrected chi connectivity index (χ0v) is 23.3. The van der Waals surface area contributed by atoms with Crippen molar-refractivity contribution in [2.45, 2.75) is 13.8 Å². The van der Waals surface area contributed by atoms with Gasteiger partial charge >= 0.3 is 0 Å². The predicted octanol–water partition coefficient (Wildman–Crippen LogP) is 7.04. The number of nitrogens with zero attached hydrogens (tertiary/aromatic N) is 1. The van der Waals surface area contributed by atoms with E-state index >= 15 is 0 Å². The number of benzene rings is 3. The van der Waals surface area contributed by atoms with E-state index in [1.54, 1.807) is 42.5 Å². The number of aryl methyl sites for hydroxylation is 1. The number of amides is 2. The summed E-state index contributed by atoms with van der Waals surface area (Å²) in [6.45, 7) is 3.75. The molecule has 0 spiro atoms. The number of nitrogens with one attached hydrogen (secondary N) is 1. The average molecular weight is 574 g/mol. The van der Waals surface area contributed by atoms with Crippen LogP contribution in [-0.4, -0.2) is 29.9 Å². The fraction of sp³-hybridized carbons (Fsp3) is 0.148. The molecule has 0 aliphatic carbocycles. The molecular weight excluding hydrogens is 551 g/mol. The molecular formula is C27H22Cl2N2O4S2. The molecule has 2 amide bonds. The summed E-state index contributed by atoms with van der Waals surface area (Å²) in [4.78, 5) is 27.4. The molecule has 0 atom stereocenters. The van der Waals surface area contributed by atoms with Gasteiger partial charge in [0, 0.05) is 5.69 Å². The van der Waals surface area contributed by atoms with E-state index in [-0.39, 0.29) is 18.4 Å². The van der Waals surface area contributed by atoms with Crippen molar-refractivity contribution >= 4 is 80.8 Å². The second-order valence-electron chi connectivity index (χ2n) is 8.11. The van der Waals surface area contributed by atoms with Crippen molar-refractivity contribution in [3.63, 3.8) is 0 Å². The van der Waals surface area contributed by atoms with Crippen molar-refractivity contribution in [2.75, 3.05) is 23.9 Å². The summed E-state index contributed by atoms with van der Waals surface area (Å²) in [5.74, 6) is 0.272. The number of ether oxygens (including phenoxy) is 2. The van der Waals surface area contributed by atoms with Gasteiger partial charge < -0.3 is 14.8 Å². The van der Waals surface area contributed by atoms with Gasteiger partial charge in [0.15, 0.2) is 22.4 Å². The highest BCUT2D eigenvalue weighted by atomic mass is 35.5. The van der Waals surface area contributed by atoms with Crippen molar-refractivity contribution in [3.8, 4) is 11.5 Å². The minimum absolute atomic E-state index is 0.189. The van der Waals surface area contributed by atoms with Crippen LogP contribution in [0, 0.1) is 13.8 Å².